The van der Waals surface area contributed by atoms with Crippen LogP contribution in [0.5, 0.6) is 5.75 Å². The Bertz CT molecular complexity index is 1110. The number of unbranched alkanes of at least 4 members (excludes halogenated alkanes) is 3. The van der Waals surface area contributed by atoms with Gasteiger partial charge in [0, 0.05) is 16.3 Å². The highest BCUT2D eigenvalue weighted by molar-refractivity contribution is 6.07. The summed E-state index contributed by atoms with van der Waals surface area (Å²) in [4.78, 5) is 8.26. The smallest absolute Gasteiger partial charge is 0.139 e. The Balaban J connectivity index is 1.64. The van der Waals surface area contributed by atoms with Crippen LogP contribution < -0.4 is 4.74 Å². The van der Waals surface area contributed by atoms with Crippen molar-refractivity contribution in [1.29, 1.82) is 0 Å². The average Bonchev–Trinajstić information content (AvgIpc) is 3.10. The predicted octanol–water partition coefficient (Wildman–Crippen LogP) is 6.99. The second kappa shape index (κ2) is 8.30. The molecule has 0 aliphatic carbocycles. The van der Waals surface area contributed by atoms with Gasteiger partial charge in [-0.15, -0.1) is 0 Å². The van der Waals surface area contributed by atoms with Crippen LogP contribution in [-0.2, 0) is 0 Å². The third-order valence-electron chi connectivity index (χ3n) is 5.17. The van der Waals surface area contributed by atoms with E-state index in [9.17, 15) is 0 Å². The fraction of sp³-hybridized carbons (Fsp3) is 0.240. The maximum atomic E-state index is 5.26. The molecular formula is C25H26N2O. The summed E-state index contributed by atoms with van der Waals surface area (Å²) in [5.41, 5.74) is 5.43. The number of H-pyrrole nitrogens is 1. The number of hydrogen-bond donors (Lipinski definition) is 1. The lowest BCUT2D eigenvalue weighted by Gasteiger charge is -2.04. The molecule has 0 fully saturated rings. The lowest BCUT2D eigenvalue weighted by Crippen LogP contribution is -1.83. The minimum atomic E-state index is 0.872. The Morgan fingerprint density at radius 1 is 0.929 bits per heavy atom. The van der Waals surface area contributed by atoms with E-state index in [0.29, 0.717) is 0 Å². The maximum Gasteiger partial charge on any atom is 0.139 e. The first-order valence-electron chi connectivity index (χ1n) is 10.0. The fourth-order valence-corrected chi connectivity index (χ4v) is 3.56. The molecule has 0 saturated heterocycles. The molecule has 0 saturated carbocycles. The van der Waals surface area contributed by atoms with Gasteiger partial charge in [0.25, 0.3) is 0 Å². The number of aromatic amines is 1. The standard InChI is InChI=1S/C25H26N2O/c1-3-4-5-6-7-8-20-12-15-22-23-17-19(11-16-24(23)27-25(22)26-20)18-9-13-21(28-2)14-10-18/h7-17H,3-6H2,1-2H3,(H,26,27). The van der Waals surface area contributed by atoms with Gasteiger partial charge >= 0.3 is 0 Å². The van der Waals surface area contributed by atoms with Gasteiger partial charge in [-0.05, 0) is 66.4 Å². The van der Waals surface area contributed by atoms with E-state index in [-0.39, 0.29) is 0 Å². The summed E-state index contributed by atoms with van der Waals surface area (Å²) in [5, 5.41) is 2.36. The van der Waals surface area contributed by atoms with Crippen molar-refractivity contribution in [2.24, 2.45) is 0 Å². The van der Waals surface area contributed by atoms with E-state index in [4.69, 9.17) is 9.72 Å². The minimum Gasteiger partial charge on any atom is -0.497 e. The molecule has 142 valence electrons. The van der Waals surface area contributed by atoms with Crippen molar-refractivity contribution in [3.05, 3.63) is 66.4 Å². The molecule has 3 heteroatoms. The summed E-state index contributed by atoms with van der Waals surface area (Å²) in [7, 11) is 1.69. The van der Waals surface area contributed by atoms with E-state index in [2.05, 4.69) is 66.5 Å². The fourth-order valence-electron chi connectivity index (χ4n) is 3.56. The van der Waals surface area contributed by atoms with Gasteiger partial charge in [0.1, 0.15) is 11.4 Å². The number of pyridine rings is 1. The topological polar surface area (TPSA) is 37.9 Å². The SMILES string of the molecule is CCCCCC=Cc1ccc2c(n1)[nH]c1ccc(-c3ccc(OC)cc3)cc12. The van der Waals surface area contributed by atoms with Gasteiger partial charge in [-0.25, -0.2) is 4.98 Å². The van der Waals surface area contributed by atoms with Crippen LogP contribution >= 0.6 is 0 Å². The van der Waals surface area contributed by atoms with Crippen LogP contribution in [0.25, 0.3) is 39.1 Å². The molecular weight excluding hydrogens is 344 g/mol. The van der Waals surface area contributed by atoms with Crippen LogP contribution in [0.15, 0.2) is 60.7 Å². The van der Waals surface area contributed by atoms with Crippen LogP contribution in [0, 0.1) is 0 Å². The first-order valence-corrected chi connectivity index (χ1v) is 10.0. The number of aromatic nitrogens is 2. The van der Waals surface area contributed by atoms with E-state index < -0.39 is 0 Å². The van der Waals surface area contributed by atoms with Crippen molar-refractivity contribution in [3.8, 4) is 16.9 Å². The highest BCUT2D eigenvalue weighted by Crippen LogP contribution is 2.30. The number of methoxy groups -OCH3 is 1. The Kier molecular flexibility index (Phi) is 5.43. The quantitative estimate of drug-likeness (QED) is 0.356. The zero-order chi connectivity index (χ0) is 19.3. The number of allylic oxidation sites excluding steroid dienone is 1. The predicted molar refractivity (Wildman–Crippen MR) is 119 cm³/mol. The molecule has 0 radical (unpaired) electrons. The van der Waals surface area contributed by atoms with E-state index in [1.807, 2.05) is 12.1 Å². The summed E-state index contributed by atoms with van der Waals surface area (Å²) >= 11 is 0. The number of nitrogens with one attached hydrogen (secondary N) is 1. The van der Waals surface area contributed by atoms with E-state index in [0.717, 1.165) is 34.4 Å². The van der Waals surface area contributed by atoms with Crippen molar-refractivity contribution < 1.29 is 4.74 Å². The first-order chi connectivity index (χ1) is 13.8. The average molecular weight is 370 g/mol. The molecule has 0 bridgehead atoms. The van der Waals surface area contributed by atoms with Crippen molar-refractivity contribution in [1.82, 2.24) is 9.97 Å². The van der Waals surface area contributed by atoms with Crippen molar-refractivity contribution in [2.75, 3.05) is 7.11 Å². The summed E-state index contributed by atoms with van der Waals surface area (Å²) in [6.07, 6.45) is 9.26. The largest absolute Gasteiger partial charge is 0.497 e. The van der Waals surface area contributed by atoms with Gasteiger partial charge in [-0.3, -0.25) is 0 Å². The van der Waals surface area contributed by atoms with Crippen LogP contribution in [-0.4, -0.2) is 17.1 Å². The molecule has 0 aliphatic heterocycles. The van der Waals surface area contributed by atoms with Gasteiger partial charge in [0.05, 0.1) is 12.8 Å². The summed E-state index contributed by atoms with van der Waals surface area (Å²) in [5.74, 6) is 0.872. The van der Waals surface area contributed by atoms with Crippen molar-refractivity contribution in [2.45, 2.75) is 32.6 Å². The lowest BCUT2D eigenvalue weighted by molar-refractivity contribution is 0.415. The molecule has 2 heterocycles. The molecule has 0 spiro atoms. The molecule has 2 aromatic carbocycles. The maximum absolute atomic E-state index is 5.26. The second-order valence-corrected chi connectivity index (χ2v) is 7.14. The Morgan fingerprint density at radius 2 is 1.75 bits per heavy atom. The van der Waals surface area contributed by atoms with Gasteiger partial charge in [-0.2, -0.15) is 0 Å². The first kappa shape index (κ1) is 18.3. The molecule has 0 amide bonds. The Labute approximate surface area is 166 Å². The highest BCUT2D eigenvalue weighted by Gasteiger charge is 2.08. The van der Waals surface area contributed by atoms with Gasteiger partial charge in [0.2, 0.25) is 0 Å². The molecule has 28 heavy (non-hydrogen) atoms. The number of rotatable bonds is 7. The Morgan fingerprint density at radius 3 is 2.54 bits per heavy atom. The number of fused-ring (bicyclic) bond motifs is 3. The molecule has 0 atom stereocenters. The molecule has 4 aromatic rings. The van der Waals surface area contributed by atoms with Gasteiger partial charge < -0.3 is 9.72 Å². The third kappa shape index (κ3) is 3.79. The van der Waals surface area contributed by atoms with Crippen molar-refractivity contribution >= 4 is 28.0 Å². The molecule has 0 aliphatic rings. The number of benzene rings is 2. The van der Waals surface area contributed by atoms with Crippen LogP contribution in [0.3, 0.4) is 0 Å². The summed E-state index contributed by atoms with van der Waals surface area (Å²) in [6, 6.07) is 19.0. The van der Waals surface area contributed by atoms with Gasteiger partial charge in [0.15, 0.2) is 0 Å². The normalized spacial score (nSPS) is 11.6. The third-order valence-corrected chi connectivity index (χ3v) is 5.17. The molecule has 2 aromatic heterocycles. The summed E-state index contributed by atoms with van der Waals surface area (Å²) in [6.45, 7) is 2.23. The molecule has 1 N–H and O–H groups in total. The van der Waals surface area contributed by atoms with E-state index in [1.165, 1.54) is 35.8 Å². The lowest BCUT2D eigenvalue weighted by atomic mass is 10.0. The zero-order valence-electron chi connectivity index (χ0n) is 16.5. The number of hydrogen-bond acceptors (Lipinski definition) is 2. The molecule has 4 rings (SSSR count). The molecule has 3 nitrogen and oxygen atoms in total. The number of ether oxygens (including phenoxy) is 1. The minimum absolute atomic E-state index is 0.872. The Hall–Kier alpha value is -3.07. The summed E-state index contributed by atoms with van der Waals surface area (Å²) < 4.78 is 5.26. The van der Waals surface area contributed by atoms with Crippen LogP contribution in [0.2, 0.25) is 0 Å². The highest BCUT2D eigenvalue weighted by atomic mass is 16.5. The number of nitrogens with zero attached hydrogens (tertiary/aromatic N) is 1. The van der Waals surface area contributed by atoms with Crippen molar-refractivity contribution in [3.63, 3.8) is 0 Å². The van der Waals surface area contributed by atoms with E-state index in [1.54, 1.807) is 7.11 Å². The monoisotopic (exact) mass is 370 g/mol. The van der Waals surface area contributed by atoms with Gasteiger partial charge in [-0.1, -0.05) is 44.0 Å². The van der Waals surface area contributed by atoms with E-state index >= 15 is 0 Å². The van der Waals surface area contributed by atoms with Crippen LogP contribution in [0.1, 0.15) is 38.3 Å². The molecule has 0 unspecified atom stereocenters. The second-order valence-electron chi connectivity index (χ2n) is 7.14. The zero-order valence-corrected chi connectivity index (χ0v) is 16.5. The van der Waals surface area contributed by atoms with Crippen LogP contribution in [0.4, 0.5) is 0 Å².